The van der Waals surface area contributed by atoms with Crippen molar-refractivity contribution in [3.05, 3.63) is 64.7 Å². The molecule has 4 unspecified atom stereocenters. The summed E-state index contributed by atoms with van der Waals surface area (Å²) in [6.07, 6.45) is 11.2. The third-order valence-electron chi connectivity index (χ3n) is 8.84. The molecule has 0 saturated heterocycles. The average molecular weight is 581 g/mol. The van der Waals surface area contributed by atoms with Crippen molar-refractivity contribution in [3.63, 3.8) is 0 Å². The zero-order chi connectivity index (χ0) is 29.4. The summed E-state index contributed by atoms with van der Waals surface area (Å²) in [5, 5.41) is 9.61. The van der Waals surface area contributed by atoms with E-state index in [2.05, 4.69) is 47.1 Å². The Hall–Kier alpha value is -2.71. The number of nitrogens with one attached hydrogen (secondary N) is 3. The minimum atomic E-state index is -1.19. The zero-order valence-electron chi connectivity index (χ0n) is 25.2. The second-order valence-electron chi connectivity index (χ2n) is 12.0. The molecule has 0 aliphatic heterocycles. The van der Waals surface area contributed by atoms with Gasteiger partial charge in [0.2, 0.25) is 5.91 Å². The molecule has 0 spiro atoms. The van der Waals surface area contributed by atoms with Gasteiger partial charge in [-0.1, -0.05) is 43.2 Å². The van der Waals surface area contributed by atoms with Gasteiger partial charge in [-0.2, -0.15) is 0 Å². The fourth-order valence-corrected chi connectivity index (χ4v) is 6.86. The van der Waals surface area contributed by atoms with E-state index in [-0.39, 0.29) is 17.9 Å². The van der Waals surface area contributed by atoms with Crippen LogP contribution in [0, 0.1) is 18.8 Å². The van der Waals surface area contributed by atoms with Crippen molar-refractivity contribution in [2.45, 2.75) is 83.7 Å². The van der Waals surface area contributed by atoms with Crippen LogP contribution < -0.4 is 20.3 Å². The molecule has 224 valence electrons. The molecule has 7 nitrogen and oxygen atoms in total. The maximum atomic E-state index is 13.1. The van der Waals surface area contributed by atoms with Crippen molar-refractivity contribution < 1.29 is 13.8 Å². The molecule has 2 aliphatic rings. The number of fused-ring (bicyclic) bond motifs is 2. The molecule has 2 amide bonds. The van der Waals surface area contributed by atoms with Crippen LogP contribution in [0.15, 0.2) is 42.5 Å². The second kappa shape index (κ2) is 15.0. The first-order valence-corrected chi connectivity index (χ1v) is 16.8. The SMILES string of the molecule is CC[C@H](NCCNC(=O)c1cc(CCCCc2cccc(C)c2)cc(N(C)S(C)=O)c1)C(=O)NC1CC2CCC1C2. The Morgan fingerprint density at radius 2 is 1.80 bits per heavy atom. The number of carbonyl (C=O) groups excluding carboxylic acids is 2. The second-order valence-corrected chi connectivity index (χ2v) is 13.4. The van der Waals surface area contributed by atoms with E-state index in [1.54, 1.807) is 23.7 Å². The lowest BCUT2D eigenvalue weighted by atomic mass is 9.95. The summed E-state index contributed by atoms with van der Waals surface area (Å²) in [6.45, 7) is 5.06. The number of carbonyl (C=O) groups is 2. The Balaban J connectivity index is 1.27. The first-order chi connectivity index (χ1) is 19.7. The van der Waals surface area contributed by atoms with E-state index < -0.39 is 11.0 Å². The summed E-state index contributed by atoms with van der Waals surface area (Å²) in [7, 11) is 0.590. The van der Waals surface area contributed by atoms with Crippen LogP contribution in [-0.4, -0.2) is 54.5 Å². The molecule has 2 aliphatic carbocycles. The Bertz CT molecular complexity index is 1220. The Kier molecular flexibility index (Phi) is 11.4. The summed E-state index contributed by atoms with van der Waals surface area (Å²) in [5.41, 5.74) is 5.03. The molecule has 41 heavy (non-hydrogen) atoms. The van der Waals surface area contributed by atoms with E-state index in [0.717, 1.165) is 49.3 Å². The molecule has 2 fully saturated rings. The number of aryl methyl sites for hydroxylation is 3. The highest BCUT2D eigenvalue weighted by molar-refractivity contribution is 7.85. The van der Waals surface area contributed by atoms with Crippen LogP contribution in [0.5, 0.6) is 0 Å². The highest BCUT2D eigenvalue weighted by atomic mass is 32.2. The van der Waals surface area contributed by atoms with Crippen LogP contribution in [0.25, 0.3) is 0 Å². The van der Waals surface area contributed by atoms with Crippen molar-refractivity contribution in [3.8, 4) is 0 Å². The van der Waals surface area contributed by atoms with E-state index in [9.17, 15) is 13.8 Å². The monoisotopic (exact) mass is 580 g/mol. The van der Waals surface area contributed by atoms with Gasteiger partial charge >= 0.3 is 0 Å². The van der Waals surface area contributed by atoms with E-state index in [4.69, 9.17) is 0 Å². The summed E-state index contributed by atoms with van der Waals surface area (Å²) < 4.78 is 13.9. The number of nitrogens with zero attached hydrogens (tertiary/aromatic N) is 1. The van der Waals surface area contributed by atoms with Crippen molar-refractivity contribution in [1.82, 2.24) is 16.0 Å². The maximum Gasteiger partial charge on any atom is 0.251 e. The Morgan fingerprint density at radius 1 is 1.02 bits per heavy atom. The number of benzene rings is 2. The van der Waals surface area contributed by atoms with Crippen molar-refractivity contribution >= 4 is 28.5 Å². The maximum absolute atomic E-state index is 13.1. The van der Waals surface area contributed by atoms with Crippen LogP contribution in [-0.2, 0) is 28.6 Å². The molecule has 4 rings (SSSR count). The van der Waals surface area contributed by atoms with Gasteiger partial charge in [0.05, 0.1) is 6.04 Å². The first kappa shape index (κ1) is 31.2. The molecule has 3 N–H and O–H groups in total. The summed E-state index contributed by atoms with van der Waals surface area (Å²) in [4.78, 5) is 26.0. The first-order valence-electron chi connectivity index (χ1n) is 15.3. The van der Waals surface area contributed by atoms with Crippen molar-refractivity contribution in [2.75, 3.05) is 30.7 Å². The normalized spacial score (nSPS) is 20.9. The number of amides is 2. The number of hydrogen-bond acceptors (Lipinski definition) is 4. The van der Waals surface area contributed by atoms with Gasteiger partial charge in [0, 0.05) is 43.7 Å². The van der Waals surface area contributed by atoms with Gasteiger partial charge in [0.1, 0.15) is 11.0 Å². The number of rotatable bonds is 15. The van der Waals surface area contributed by atoms with Gasteiger partial charge in [-0.25, -0.2) is 4.21 Å². The topological polar surface area (TPSA) is 90.5 Å². The van der Waals surface area contributed by atoms with E-state index >= 15 is 0 Å². The van der Waals surface area contributed by atoms with Crippen LogP contribution >= 0.6 is 0 Å². The molecule has 5 atom stereocenters. The van der Waals surface area contributed by atoms with Gasteiger partial charge in [0.15, 0.2) is 0 Å². The predicted octanol–water partition coefficient (Wildman–Crippen LogP) is 4.69. The minimum absolute atomic E-state index is 0.0757. The summed E-state index contributed by atoms with van der Waals surface area (Å²) in [5.74, 6) is 1.36. The molecular formula is C33H48N4O3S. The van der Waals surface area contributed by atoms with Gasteiger partial charge in [-0.05, 0) is 99.5 Å². The fraction of sp³-hybridized carbons (Fsp3) is 0.576. The molecule has 0 radical (unpaired) electrons. The lowest BCUT2D eigenvalue weighted by Crippen LogP contribution is -2.50. The number of anilines is 1. The van der Waals surface area contributed by atoms with Gasteiger partial charge in [-0.3, -0.25) is 13.9 Å². The minimum Gasteiger partial charge on any atom is -0.352 e. The van der Waals surface area contributed by atoms with Gasteiger partial charge in [-0.15, -0.1) is 0 Å². The number of hydrogen-bond donors (Lipinski definition) is 3. The molecule has 8 heteroatoms. The summed E-state index contributed by atoms with van der Waals surface area (Å²) in [6, 6.07) is 14.5. The molecule has 0 heterocycles. The highest BCUT2D eigenvalue weighted by Crippen LogP contribution is 2.44. The number of unbranched alkanes of at least 4 members (excludes halogenated alkanes) is 1. The summed E-state index contributed by atoms with van der Waals surface area (Å²) >= 11 is 0. The Labute approximate surface area is 248 Å². The zero-order valence-corrected chi connectivity index (χ0v) is 26.0. The van der Waals surface area contributed by atoms with Gasteiger partial charge in [0.25, 0.3) is 5.91 Å². The quantitative estimate of drug-likeness (QED) is 0.267. The standard InChI is InChI=1S/C33H48N4O3S/c1-5-30(33(39)36-31-21-26-13-14-27(31)18-26)34-15-16-35-32(38)28-19-25(20-29(22-28)37(3)41(4)40)11-7-6-10-24-12-8-9-23(2)17-24/h8-9,12,17,19-20,22,26-27,30-31,34H,5-7,10-11,13-16,18,21H2,1-4H3,(H,35,38)(H,36,39)/t26?,27?,30-,31?,41?/m0/s1. The van der Waals surface area contributed by atoms with E-state index in [1.807, 2.05) is 19.1 Å². The largest absolute Gasteiger partial charge is 0.352 e. The highest BCUT2D eigenvalue weighted by Gasteiger charge is 2.40. The van der Waals surface area contributed by atoms with E-state index in [0.29, 0.717) is 37.0 Å². The third kappa shape index (κ3) is 8.89. The molecular weight excluding hydrogens is 532 g/mol. The fourth-order valence-electron chi connectivity index (χ4n) is 6.46. The molecule has 2 aromatic carbocycles. The predicted molar refractivity (Wildman–Crippen MR) is 169 cm³/mol. The molecule has 2 saturated carbocycles. The Morgan fingerprint density at radius 3 is 2.46 bits per heavy atom. The van der Waals surface area contributed by atoms with Gasteiger partial charge < -0.3 is 16.0 Å². The van der Waals surface area contributed by atoms with E-state index in [1.165, 1.54) is 30.4 Å². The molecule has 2 bridgehead atoms. The van der Waals surface area contributed by atoms with Crippen LogP contribution in [0.3, 0.4) is 0 Å². The van der Waals surface area contributed by atoms with Crippen LogP contribution in [0.1, 0.15) is 78.9 Å². The van der Waals surface area contributed by atoms with Crippen LogP contribution in [0.2, 0.25) is 0 Å². The molecule has 2 aromatic rings. The van der Waals surface area contributed by atoms with Crippen molar-refractivity contribution in [2.24, 2.45) is 11.8 Å². The lowest BCUT2D eigenvalue weighted by molar-refractivity contribution is -0.124. The lowest BCUT2D eigenvalue weighted by Gasteiger charge is -2.26. The van der Waals surface area contributed by atoms with Crippen molar-refractivity contribution in [1.29, 1.82) is 0 Å². The molecule has 0 aromatic heterocycles. The third-order valence-corrected chi connectivity index (χ3v) is 9.83. The smallest absolute Gasteiger partial charge is 0.251 e. The van der Waals surface area contributed by atoms with Crippen LogP contribution in [0.4, 0.5) is 5.69 Å². The average Bonchev–Trinajstić information content (AvgIpc) is 3.58.